The second-order valence-electron chi connectivity index (χ2n) is 7.89. The lowest BCUT2D eigenvalue weighted by Crippen LogP contribution is -2.25. The molecule has 5 rings (SSSR count). The Balaban J connectivity index is 1.83. The summed E-state index contributed by atoms with van der Waals surface area (Å²) in [6, 6.07) is 23.6. The summed E-state index contributed by atoms with van der Waals surface area (Å²) in [5, 5.41) is 7.02. The number of thiazole rings is 1. The molecular formula is C23H21N3S. The van der Waals surface area contributed by atoms with Crippen LogP contribution < -0.4 is 5.32 Å². The van der Waals surface area contributed by atoms with Gasteiger partial charge in [-0.25, -0.2) is 4.98 Å². The molecule has 0 spiro atoms. The molecular weight excluding hydrogens is 350 g/mol. The van der Waals surface area contributed by atoms with E-state index < -0.39 is 0 Å². The molecule has 4 heteroatoms. The molecule has 2 heterocycles. The van der Waals surface area contributed by atoms with Crippen LogP contribution in [0.15, 0.2) is 66.7 Å². The standard InChI is InChI=1S/C23H21N3S/c1-23(2,3)25-22-24-21-19(13-8-14-20(21)27-22)26-17-11-6-4-9-15(17)16-10-5-7-12-18(16)26/h4-14H,1-3H3,(H,24,25). The third kappa shape index (κ3) is 2.68. The van der Waals surface area contributed by atoms with Crippen LogP contribution in [0.3, 0.4) is 0 Å². The van der Waals surface area contributed by atoms with Crippen molar-refractivity contribution in [1.29, 1.82) is 0 Å². The summed E-state index contributed by atoms with van der Waals surface area (Å²) in [5.41, 5.74) is 4.58. The summed E-state index contributed by atoms with van der Waals surface area (Å²) in [6.45, 7) is 6.48. The van der Waals surface area contributed by atoms with Crippen LogP contribution in [0.5, 0.6) is 0 Å². The lowest BCUT2D eigenvalue weighted by molar-refractivity contribution is 0.633. The van der Waals surface area contributed by atoms with Crippen molar-refractivity contribution in [2.75, 3.05) is 5.32 Å². The monoisotopic (exact) mass is 371 g/mol. The first-order valence-corrected chi connectivity index (χ1v) is 9.99. The van der Waals surface area contributed by atoms with Crippen LogP contribution in [-0.4, -0.2) is 15.1 Å². The van der Waals surface area contributed by atoms with Crippen LogP contribution in [0.1, 0.15) is 20.8 Å². The average molecular weight is 372 g/mol. The molecule has 0 radical (unpaired) electrons. The van der Waals surface area contributed by atoms with Crippen molar-refractivity contribution in [3.8, 4) is 5.69 Å². The molecule has 1 N–H and O–H groups in total. The third-order valence-corrected chi connectivity index (χ3v) is 5.64. The predicted molar refractivity (Wildman–Crippen MR) is 117 cm³/mol. The molecule has 0 amide bonds. The highest BCUT2D eigenvalue weighted by Crippen LogP contribution is 2.36. The van der Waals surface area contributed by atoms with E-state index >= 15 is 0 Å². The van der Waals surface area contributed by atoms with E-state index in [1.807, 2.05) is 0 Å². The summed E-state index contributed by atoms with van der Waals surface area (Å²) in [4.78, 5) is 4.95. The molecule has 2 aromatic heterocycles. The van der Waals surface area contributed by atoms with Gasteiger partial charge < -0.3 is 9.88 Å². The number of benzene rings is 3. The van der Waals surface area contributed by atoms with E-state index in [-0.39, 0.29) is 5.54 Å². The minimum Gasteiger partial charge on any atom is -0.357 e. The summed E-state index contributed by atoms with van der Waals surface area (Å²) in [7, 11) is 0. The Morgan fingerprint density at radius 2 is 1.44 bits per heavy atom. The first kappa shape index (κ1) is 16.3. The minimum absolute atomic E-state index is 0.0130. The van der Waals surface area contributed by atoms with Crippen molar-refractivity contribution in [3.63, 3.8) is 0 Å². The number of aromatic nitrogens is 2. The van der Waals surface area contributed by atoms with E-state index in [4.69, 9.17) is 4.98 Å². The smallest absolute Gasteiger partial charge is 0.184 e. The Morgan fingerprint density at radius 1 is 0.815 bits per heavy atom. The van der Waals surface area contributed by atoms with Gasteiger partial charge in [0, 0.05) is 16.3 Å². The maximum atomic E-state index is 4.95. The zero-order chi connectivity index (χ0) is 18.6. The molecule has 0 saturated heterocycles. The number of anilines is 1. The number of nitrogens with zero attached hydrogens (tertiary/aromatic N) is 2. The van der Waals surface area contributed by atoms with Crippen molar-refractivity contribution in [3.05, 3.63) is 66.7 Å². The van der Waals surface area contributed by atoms with Crippen LogP contribution >= 0.6 is 11.3 Å². The first-order valence-electron chi connectivity index (χ1n) is 9.17. The molecule has 5 aromatic rings. The van der Waals surface area contributed by atoms with Gasteiger partial charge in [-0.15, -0.1) is 0 Å². The maximum Gasteiger partial charge on any atom is 0.184 e. The molecule has 3 aromatic carbocycles. The summed E-state index contributed by atoms with van der Waals surface area (Å²) >= 11 is 1.71. The van der Waals surface area contributed by atoms with Crippen molar-refractivity contribution < 1.29 is 0 Å². The fourth-order valence-electron chi connectivity index (χ4n) is 3.67. The van der Waals surface area contributed by atoms with Gasteiger partial charge in [-0.3, -0.25) is 0 Å². The summed E-state index contributed by atoms with van der Waals surface area (Å²) in [5.74, 6) is 0. The van der Waals surface area contributed by atoms with Gasteiger partial charge in [-0.05, 0) is 45.0 Å². The normalized spacial score (nSPS) is 12.3. The topological polar surface area (TPSA) is 29.9 Å². The fourth-order valence-corrected chi connectivity index (χ4v) is 4.77. The summed E-state index contributed by atoms with van der Waals surface area (Å²) < 4.78 is 3.54. The molecule has 0 atom stereocenters. The van der Waals surface area contributed by atoms with Crippen LogP contribution in [0.25, 0.3) is 37.7 Å². The zero-order valence-electron chi connectivity index (χ0n) is 15.7. The van der Waals surface area contributed by atoms with Crippen LogP contribution in [-0.2, 0) is 0 Å². The van der Waals surface area contributed by atoms with E-state index in [1.165, 1.54) is 26.5 Å². The van der Waals surface area contributed by atoms with Gasteiger partial charge in [-0.2, -0.15) is 0 Å². The quantitative estimate of drug-likeness (QED) is 0.379. The Kier molecular flexibility index (Phi) is 3.52. The molecule has 0 aliphatic rings. The Hall–Kier alpha value is -2.85. The van der Waals surface area contributed by atoms with Crippen molar-refractivity contribution in [1.82, 2.24) is 9.55 Å². The largest absolute Gasteiger partial charge is 0.357 e. The second-order valence-corrected chi connectivity index (χ2v) is 8.92. The van der Waals surface area contributed by atoms with E-state index in [0.29, 0.717) is 0 Å². The number of hydrogen-bond donors (Lipinski definition) is 1. The zero-order valence-corrected chi connectivity index (χ0v) is 16.5. The SMILES string of the molecule is CC(C)(C)Nc1nc2c(-n3c4ccccc4c4ccccc43)cccc2s1. The number of para-hydroxylation sites is 3. The molecule has 134 valence electrons. The van der Waals surface area contributed by atoms with Crippen molar-refractivity contribution in [2.24, 2.45) is 0 Å². The van der Waals surface area contributed by atoms with E-state index in [0.717, 1.165) is 16.3 Å². The minimum atomic E-state index is -0.0130. The number of hydrogen-bond acceptors (Lipinski definition) is 3. The average Bonchev–Trinajstić information content (AvgIpc) is 3.18. The van der Waals surface area contributed by atoms with E-state index in [9.17, 15) is 0 Å². The lowest BCUT2D eigenvalue weighted by Gasteiger charge is -2.19. The van der Waals surface area contributed by atoms with Crippen LogP contribution in [0.2, 0.25) is 0 Å². The van der Waals surface area contributed by atoms with Gasteiger partial charge in [0.05, 0.1) is 21.4 Å². The van der Waals surface area contributed by atoms with E-state index in [1.54, 1.807) is 11.3 Å². The Morgan fingerprint density at radius 3 is 2.07 bits per heavy atom. The molecule has 0 aliphatic carbocycles. The maximum absolute atomic E-state index is 4.95. The van der Waals surface area contributed by atoms with Gasteiger partial charge in [0.15, 0.2) is 5.13 Å². The van der Waals surface area contributed by atoms with Gasteiger partial charge >= 0.3 is 0 Å². The van der Waals surface area contributed by atoms with E-state index in [2.05, 4.69) is 97.4 Å². The van der Waals surface area contributed by atoms with Gasteiger partial charge in [0.1, 0.15) is 5.52 Å². The summed E-state index contributed by atoms with van der Waals surface area (Å²) in [6.07, 6.45) is 0. The number of rotatable bonds is 2. The number of nitrogens with one attached hydrogen (secondary N) is 1. The highest BCUT2D eigenvalue weighted by molar-refractivity contribution is 7.22. The first-order chi connectivity index (χ1) is 13.0. The van der Waals surface area contributed by atoms with Crippen molar-refractivity contribution >= 4 is 48.5 Å². The molecule has 27 heavy (non-hydrogen) atoms. The predicted octanol–water partition coefficient (Wildman–Crippen LogP) is 6.60. The molecule has 3 nitrogen and oxygen atoms in total. The number of fused-ring (bicyclic) bond motifs is 4. The molecule has 0 bridgehead atoms. The van der Waals surface area contributed by atoms with Crippen LogP contribution in [0, 0.1) is 0 Å². The van der Waals surface area contributed by atoms with Gasteiger partial charge in [0.2, 0.25) is 0 Å². The Bertz CT molecular complexity index is 1230. The van der Waals surface area contributed by atoms with Crippen LogP contribution in [0.4, 0.5) is 5.13 Å². The second kappa shape index (κ2) is 5.83. The van der Waals surface area contributed by atoms with Gasteiger partial charge in [0.25, 0.3) is 0 Å². The lowest BCUT2D eigenvalue weighted by atomic mass is 10.1. The fraction of sp³-hybridized carbons (Fsp3) is 0.174. The highest BCUT2D eigenvalue weighted by atomic mass is 32.1. The highest BCUT2D eigenvalue weighted by Gasteiger charge is 2.17. The molecule has 0 fully saturated rings. The molecule has 0 aliphatic heterocycles. The molecule has 0 saturated carbocycles. The Labute approximate surface area is 162 Å². The third-order valence-electron chi connectivity index (χ3n) is 4.70. The van der Waals surface area contributed by atoms with Crippen molar-refractivity contribution in [2.45, 2.75) is 26.3 Å². The molecule has 0 unspecified atom stereocenters. The van der Waals surface area contributed by atoms with Gasteiger partial charge in [-0.1, -0.05) is 53.8 Å².